The molecular formula is C49H101NO6S2. The fourth-order valence-corrected chi connectivity index (χ4v) is 9.74. The Morgan fingerprint density at radius 2 is 0.983 bits per heavy atom. The van der Waals surface area contributed by atoms with E-state index in [9.17, 15) is 9.90 Å². The number of unbranched alkanes of at least 4 members (excludes halogenated alkanes) is 23. The van der Waals surface area contributed by atoms with Crippen molar-refractivity contribution >= 4 is 28.3 Å². The van der Waals surface area contributed by atoms with Crippen LogP contribution in [0.4, 0.5) is 0 Å². The topological polar surface area (TPSA) is 77.5 Å². The van der Waals surface area contributed by atoms with Crippen LogP contribution in [-0.2, 0) is 22.6 Å². The Hall–Kier alpha value is -0.0300. The standard InChI is InChI=1S/C49H101NO6S2/c1-7-11-15-18-21-27-37-47(57-46-36-14-10-4)49(52)54-44-34-25-22-29-39-50(41-31-32-42-51)40-30-23-26-35-45-55-58(5,6)56-48(38-28-20-17-13-9-3)53-43-33-24-19-16-12-8-2/h47-48,51H,7-46H2,1-6H3. The molecule has 0 radical (unpaired) electrons. The quantitative estimate of drug-likeness (QED) is 0.0368. The zero-order valence-electron chi connectivity index (χ0n) is 39.7. The van der Waals surface area contributed by atoms with E-state index >= 15 is 0 Å². The van der Waals surface area contributed by atoms with Crippen LogP contribution in [0.3, 0.4) is 0 Å². The third-order valence-electron chi connectivity index (χ3n) is 11.1. The van der Waals surface area contributed by atoms with Gasteiger partial charge in [0.15, 0.2) is 6.29 Å². The molecule has 9 heteroatoms. The molecule has 0 rings (SSSR count). The summed E-state index contributed by atoms with van der Waals surface area (Å²) in [6, 6.07) is 0. The summed E-state index contributed by atoms with van der Waals surface area (Å²) in [5.74, 6) is 1.09. The van der Waals surface area contributed by atoms with E-state index < -0.39 is 10.6 Å². The van der Waals surface area contributed by atoms with Gasteiger partial charge in [-0.05, 0) is 89.6 Å². The van der Waals surface area contributed by atoms with E-state index in [2.05, 4.69) is 45.1 Å². The van der Waals surface area contributed by atoms with Gasteiger partial charge in [-0.3, -0.25) is 13.2 Å². The molecule has 0 aliphatic rings. The van der Waals surface area contributed by atoms with Crippen LogP contribution >= 0.6 is 22.4 Å². The monoisotopic (exact) mass is 864 g/mol. The maximum absolute atomic E-state index is 13.0. The average molecular weight is 864 g/mol. The lowest BCUT2D eigenvalue weighted by molar-refractivity contribution is -0.143. The second-order valence-corrected chi connectivity index (χ2v) is 21.2. The first-order valence-electron chi connectivity index (χ1n) is 25.1. The van der Waals surface area contributed by atoms with Crippen LogP contribution in [0.25, 0.3) is 0 Å². The lowest BCUT2D eigenvalue weighted by Gasteiger charge is -2.38. The Morgan fingerprint density at radius 3 is 1.55 bits per heavy atom. The smallest absolute Gasteiger partial charge is 0.319 e. The molecule has 7 nitrogen and oxygen atoms in total. The summed E-state index contributed by atoms with van der Waals surface area (Å²) in [6.45, 7) is 14.7. The lowest BCUT2D eigenvalue weighted by atomic mass is 10.1. The van der Waals surface area contributed by atoms with Gasteiger partial charge in [0, 0.05) is 32.1 Å². The van der Waals surface area contributed by atoms with Gasteiger partial charge in [0.05, 0.1) is 13.2 Å². The minimum atomic E-state index is -1.62. The highest BCUT2D eigenvalue weighted by Gasteiger charge is 2.21. The summed E-state index contributed by atoms with van der Waals surface area (Å²) in [6.07, 6.45) is 42.1. The zero-order valence-corrected chi connectivity index (χ0v) is 41.3. The molecule has 0 aromatic heterocycles. The van der Waals surface area contributed by atoms with E-state index in [1.807, 2.05) is 11.8 Å². The molecule has 0 bridgehead atoms. The summed E-state index contributed by atoms with van der Waals surface area (Å²) < 4.78 is 25.0. The Labute approximate surface area is 368 Å². The SMILES string of the molecule is CCCCCCCCOC(CCCCCCC)OS(C)(C)OCCCCCCN(CCCCO)CCCCCCOC(=O)C(CCCCCCCC)SCCCCC. The van der Waals surface area contributed by atoms with Crippen LogP contribution in [0.2, 0.25) is 0 Å². The molecule has 1 N–H and O–H groups in total. The first-order valence-corrected chi connectivity index (χ1v) is 28.5. The highest BCUT2D eigenvalue weighted by molar-refractivity contribution is 8.24. The van der Waals surface area contributed by atoms with Gasteiger partial charge in [0.2, 0.25) is 0 Å². The molecule has 58 heavy (non-hydrogen) atoms. The van der Waals surface area contributed by atoms with E-state index in [0.29, 0.717) is 6.61 Å². The summed E-state index contributed by atoms with van der Waals surface area (Å²) in [7, 11) is -1.62. The predicted octanol–water partition coefficient (Wildman–Crippen LogP) is 14.8. The number of carbonyl (C=O) groups is 1. The number of ether oxygens (including phenoxy) is 2. The first kappa shape index (κ1) is 58.0. The number of hydrogen-bond acceptors (Lipinski definition) is 8. The van der Waals surface area contributed by atoms with Gasteiger partial charge in [-0.2, -0.15) is 10.6 Å². The van der Waals surface area contributed by atoms with Gasteiger partial charge < -0.3 is 19.5 Å². The molecule has 0 saturated carbocycles. The molecule has 0 aromatic carbocycles. The maximum atomic E-state index is 13.0. The van der Waals surface area contributed by atoms with Gasteiger partial charge in [0.25, 0.3) is 0 Å². The van der Waals surface area contributed by atoms with Gasteiger partial charge >= 0.3 is 5.97 Å². The minimum absolute atomic E-state index is 0.0111. The van der Waals surface area contributed by atoms with E-state index in [0.717, 1.165) is 103 Å². The highest BCUT2D eigenvalue weighted by Crippen LogP contribution is 2.45. The van der Waals surface area contributed by atoms with Crippen LogP contribution in [0.5, 0.6) is 0 Å². The third kappa shape index (κ3) is 40.1. The third-order valence-corrected chi connectivity index (χ3v) is 13.8. The van der Waals surface area contributed by atoms with E-state index in [1.54, 1.807) is 0 Å². The number of rotatable bonds is 48. The lowest BCUT2D eigenvalue weighted by Crippen LogP contribution is -2.27. The van der Waals surface area contributed by atoms with E-state index in [4.69, 9.17) is 17.8 Å². The highest BCUT2D eigenvalue weighted by atomic mass is 32.3. The summed E-state index contributed by atoms with van der Waals surface area (Å²) >= 11 is 1.83. The average Bonchev–Trinajstić information content (AvgIpc) is 3.21. The van der Waals surface area contributed by atoms with Crippen molar-refractivity contribution in [3.8, 4) is 0 Å². The Bertz CT molecular complexity index is 837. The first-order chi connectivity index (χ1) is 28.3. The van der Waals surface area contributed by atoms with Crippen molar-refractivity contribution in [1.29, 1.82) is 0 Å². The minimum Gasteiger partial charge on any atom is -0.465 e. The number of hydrogen-bond donors (Lipinski definition) is 1. The van der Waals surface area contributed by atoms with Crippen LogP contribution < -0.4 is 0 Å². The molecule has 0 amide bonds. The second-order valence-electron chi connectivity index (χ2n) is 17.2. The molecule has 0 aliphatic carbocycles. The van der Waals surface area contributed by atoms with Crippen molar-refractivity contribution in [2.45, 2.75) is 245 Å². The normalized spacial score (nSPS) is 13.4. The number of aliphatic hydroxyl groups is 1. The summed E-state index contributed by atoms with van der Waals surface area (Å²) in [4.78, 5) is 15.6. The van der Waals surface area contributed by atoms with Crippen LogP contribution in [-0.4, -0.2) is 91.8 Å². The fourth-order valence-electron chi connectivity index (χ4n) is 7.30. The molecule has 0 fully saturated rings. The fraction of sp³-hybridized carbons (Fsp3) is 0.980. The molecule has 0 saturated heterocycles. The van der Waals surface area contributed by atoms with E-state index in [1.165, 1.54) is 141 Å². The van der Waals surface area contributed by atoms with Crippen LogP contribution in [0, 0.1) is 0 Å². The number of esters is 1. The van der Waals surface area contributed by atoms with Crippen molar-refractivity contribution in [1.82, 2.24) is 4.90 Å². The van der Waals surface area contributed by atoms with Gasteiger partial charge in [-0.1, -0.05) is 163 Å². The number of carbonyl (C=O) groups excluding carboxylic acids is 1. The van der Waals surface area contributed by atoms with Crippen molar-refractivity contribution < 1.29 is 27.7 Å². The van der Waals surface area contributed by atoms with Gasteiger partial charge in [-0.15, -0.1) is 11.8 Å². The van der Waals surface area contributed by atoms with Crippen molar-refractivity contribution in [2.75, 3.05) is 64.3 Å². The molecular weight excluding hydrogens is 763 g/mol. The maximum Gasteiger partial charge on any atom is 0.319 e. The van der Waals surface area contributed by atoms with Crippen molar-refractivity contribution in [3.63, 3.8) is 0 Å². The molecule has 2 unspecified atom stereocenters. The molecule has 0 aromatic rings. The Morgan fingerprint density at radius 1 is 0.534 bits per heavy atom. The van der Waals surface area contributed by atoms with Gasteiger partial charge in [-0.25, -0.2) is 0 Å². The van der Waals surface area contributed by atoms with Crippen LogP contribution in [0.15, 0.2) is 0 Å². The van der Waals surface area contributed by atoms with E-state index in [-0.39, 0.29) is 24.1 Å². The summed E-state index contributed by atoms with van der Waals surface area (Å²) in [5, 5.41) is 9.37. The molecule has 0 aliphatic heterocycles. The van der Waals surface area contributed by atoms with Gasteiger partial charge in [0.1, 0.15) is 5.25 Å². The molecule has 350 valence electrons. The predicted molar refractivity (Wildman–Crippen MR) is 257 cm³/mol. The molecule has 0 spiro atoms. The van der Waals surface area contributed by atoms with Crippen LogP contribution in [0.1, 0.15) is 233 Å². The van der Waals surface area contributed by atoms with Crippen molar-refractivity contribution in [2.24, 2.45) is 0 Å². The number of nitrogens with zero attached hydrogens (tertiary/aromatic N) is 1. The Balaban J connectivity index is 4.45. The largest absolute Gasteiger partial charge is 0.465 e. The Kier molecular flexibility index (Phi) is 45.0. The van der Waals surface area contributed by atoms with Crippen molar-refractivity contribution in [3.05, 3.63) is 0 Å². The second kappa shape index (κ2) is 45.0. The number of aliphatic hydroxyl groups excluding tert-OH is 1. The summed E-state index contributed by atoms with van der Waals surface area (Å²) in [5.41, 5.74) is 0. The number of thioether (sulfide) groups is 1. The molecule has 2 atom stereocenters. The zero-order chi connectivity index (χ0) is 42.6. The molecule has 0 heterocycles.